The third kappa shape index (κ3) is 4.11. The van der Waals surface area contributed by atoms with Crippen LogP contribution in [-0.4, -0.2) is 52.7 Å². The second-order valence-corrected chi connectivity index (χ2v) is 6.44. The maximum atomic E-state index is 12.3. The zero-order chi connectivity index (χ0) is 16.9. The number of amides is 2. The molecule has 1 N–H and O–H groups in total. The molecule has 0 radical (unpaired) electrons. The predicted octanol–water partition coefficient (Wildman–Crippen LogP) is 2.36. The molecule has 24 heavy (non-hydrogen) atoms. The zero-order valence-electron chi connectivity index (χ0n) is 14.1. The molecule has 7 nitrogen and oxygen atoms in total. The molecule has 128 valence electrons. The van der Waals surface area contributed by atoms with E-state index in [-0.39, 0.29) is 6.03 Å². The van der Waals surface area contributed by atoms with Crippen molar-refractivity contribution >= 4 is 11.8 Å². The van der Waals surface area contributed by atoms with Gasteiger partial charge in [0.25, 0.3) is 0 Å². The molecule has 0 aliphatic carbocycles. The Labute approximate surface area is 141 Å². The van der Waals surface area contributed by atoms with Crippen molar-refractivity contribution in [3.63, 3.8) is 0 Å². The Morgan fingerprint density at radius 1 is 1.54 bits per heavy atom. The second kappa shape index (κ2) is 7.44. The van der Waals surface area contributed by atoms with E-state index in [4.69, 9.17) is 4.52 Å². The Hall–Kier alpha value is -2.41. The fourth-order valence-corrected chi connectivity index (χ4v) is 3.06. The molecule has 1 atom stereocenters. The van der Waals surface area contributed by atoms with Crippen molar-refractivity contribution in [1.82, 2.24) is 19.9 Å². The number of hydrogen-bond donors (Lipinski definition) is 1. The smallest absolute Gasteiger partial charge is 0.323 e. The molecule has 7 heteroatoms. The topological polar surface area (TPSA) is 74.5 Å². The minimum absolute atomic E-state index is 0.107. The van der Waals surface area contributed by atoms with E-state index in [1.165, 1.54) is 11.8 Å². The number of urea groups is 1. The number of nitrogens with zero attached hydrogens (tertiary/aromatic N) is 4. The molecule has 1 fully saturated rings. The molecule has 0 unspecified atom stereocenters. The molecule has 0 saturated carbocycles. The molecule has 1 saturated heterocycles. The van der Waals surface area contributed by atoms with Crippen molar-refractivity contribution in [3.8, 4) is 0 Å². The highest BCUT2D eigenvalue weighted by molar-refractivity contribution is 5.89. The van der Waals surface area contributed by atoms with Gasteiger partial charge in [-0.15, -0.1) is 0 Å². The van der Waals surface area contributed by atoms with Gasteiger partial charge in [-0.05, 0) is 37.9 Å². The van der Waals surface area contributed by atoms with Crippen LogP contribution in [0.1, 0.15) is 17.5 Å². The summed E-state index contributed by atoms with van der Waals surface area (Å²) in [5, 5.41) is 6.60. The van der Waals surface area contributed by atoms with Crippen LogP contribution in [0, 0.1) is 12.8 Å². The lowest BCUT2D eigenvalue weighted by molar-refractivity contribution is 0.216. The molecular weight excluding hydrogens is 306 g/mol. The number of likely N-dealkylation sites (tertiary alicyclic amines) is 1. The van der Waals surface area contributed by atoms with Crippen molar-refractivity contribution in [1.29, 1.82) is 0 Å². The van der Waals surface area contributed by atoms with E-state index in [0.29, 0.717) is 11.7 Å². The molecule has 1 aliphatic rings. The van der Waals surface area contributed by atoms with E-state index >= 15 is 0 Å². The molecule has 1 aliphatic heterocycles. The summed E-state index contributed by atoms with van der Waals surface area (Å²) >= 11 is 0. The van der Waals surface area contributed by atoms with Crippen molar-refractivity contribution in [2.45, 2.75) is 19.9 Å². The van der Waals surface area contributed by atoms with Crippen LogP contribution in [0.2, 0.25) is 0 Å². The maximum Gasteiger partial charge on any atom is 0.323 e. The number of aromatic nitrogens is 2. The van der Waals surface area contributed by atoms with E-state index in [1.807, 2.05) is 24.1 Å². The first kappa shape index (κ1) is 16.4. The third-order valence-electron chi connectivity index (χ3n) is 4.29. The molecule has 0 spiro atoms. The highest BCUT2D eigenvalue weighted by Gasteiger charge is 2.27. The number of carbonyl (C=O) groups is 1. The van der Waals surface area contributed by atoms with Crippen LogP contribution in [0.3, 0.4) is 0 Å². The van der Waals surface area contributed by atoms with Gasteiger partial charge in [0.1, 0.15) is 6.26 Å². The summed E-state index contributed by atoms with van der Waals surface area (Å²) in [4.78, 5) is 20.6. The highest BCUT2D eigenvalue weighted by Crippen LogP contribution is 2.20. The largest absolute Gasteiger partial charge is 0.362 e. The van der Waals surface area contributed by atoms with Crippen LogP contribution in [0.5, 0.6) is 0 Å². The fourth-order valence-electron chi connectivity index (χ4n) is 3.06. The number of carbonyl (C=O) groups excluding carboxylic acids is 1. The van der Waals surface area contributed by atoms with E-state index in [9.17, 15) is 4.79 Å². The molecular formula is C17H23N5O2. The summed E-state index contributed by atoms with van der Waals surface area (Å²) in [6.07, 6.45) is 6.22. The predicted molar refractivity (Wildman–Crippen MR) is 90.5 cm³/mol. The van der Waals surface area contributed by atoms with Gasteiger partial charge < -0.3 is 14.3 Å². The Kier molecular flexibility index (Phi) is 5.10. The van der Waals surface area contributed by atoms with Crippen LogP contribution in [0.25, 0.3) is 0 Å². The van der Waals surface area contributed by atoms with Crippen LogP contribution < -0.4 is 5.32 Å². The summed E-state index contributed by atoms with van der Waals surface area (Å²) in [7, 11) is 2.11. The lowest BCUT2D eigenvalue weighted by Gasteiger charge is -2.21. The first-order chi connectivity index (χ1) is 11.6. The van der Waals surface area contributed by atoms with E-state index in [1.54, 1.807) is 6.20 Å². The second-order valence-electron chi connectivity index (χ2n) is 6.44. The average molecular weight is 329 g/mol. The lowest BCUT2D eigenvalue weighted by Crippen LogP contribution is -2.34. The van der Waals surface area contributed by atoms with E-state index < -0.39 is 0 Å². The highest BCUT2D eigenvalue weighted by atomic mass is 16.5. The number of hydrogen-bond acceptors (Lipinski definition) is 5. The van der Waals surface area contributed by atoms with Gasteiger partial charge in [-0.25, -0.2) is 4.79 Å². The van der Waals surface area contributed by atoms with Crippen molar-refractivity contribution in [3.05, 3.63) is 41.9 Å². The van der Waals surface area contributed by atoms with Crippen LogP contribution in [-0.2, 0) is 6.54 Å². The van der Waals surface area contributed by atoms with Gasteiger partial charge in [-0.3, -0.25) is 10.3 Å². The minimum Gasteiger partial charge on any atom is -0.362 e. The van der Waals surface area contributed by atoms with Crippen molar-refractivity contribution in [2.75, 3.05) is 32.0 Å². The molecule has 0 aromatic carbocycles. The quantitative estimate of drug-likeness (QED) is 0.911. The SMILES string of the molecule is Cc1conc1NC(=O)N1CC[C@H](CN(C)Cc2cccnc2)C1. The monoisotopic (exact) mass is 329 g/mol. The van der Waals surface area contributed by atoms with Crippen LogP contribution >= 0.6 is 0 Å². The van der Waals surface area contributed by atoms with Gasteiger partial charge >= 0.3 is 6.03 Å². The Morgan fingerprint density at radius 2 is 2.42 bits per heavy atom. The summed E-state index contributed by atoms with van der Waals surface area (Å²) < 4.78 is 4.84. The number of nitrogens with one attached hydrogen (secondary N) is 1. The maximum absolute atomic E-state index is 12.3. The summed E-state index contributed by atoms with van der Waals surface area (Å²) in [6.45, 7) is 5.22. The number of rotatable bonds is 5. The van der Waals surface area contributed by atoms with Gasteiger partial charge in [0.2, 0.25) is 0 Å². The third-order valence-corrected chi connectivity index (χ3v) is 4.29. The van der Waals surface area contributed by atoms with Crippen molar-refractivity contribution in [2.24, 2.45) is 5.92 Å². The van der Waals surface area contributed by atoms with Crippen LogP contribution in [0.4, 0.5) is 10.6 Å². The van der Waals surface area contributed by atoms with E-state index in [0.717, 1.165) is 38.2 Å². The summed E-state index contributed by atoms with van der Waals surface area (Å²) in [5.41, 5.74) is 2.03. The molecule has 3 rings (SSSR count). The Bertz CT molecular complexity index is 673. The molecule has 2 aromatic rings. The molecule has 3 heterocycles. The average Bonchev–Trinajstić information content (AvgIpc) is 3.18. The molecule has 2 aromatic heterocycles. The normalized spacial score (nSPS) is 17.5. The number of anilines is 1. The number of pyridine rings is 1. The zero-order valence-corrected chi connectivity index (χ0v) is 14.1. The minimum atomic E-state index is -0.107. The standard InChI is InChI=1S/C17H23N5O2/c1-13-12-24-20-16(13)19-17(23)22-7-5-15(11-22)10-21(2)9-14-4-3-6-18-8-14/h3-4,6,8,12,15H,5,7,9-11H2,1-2H3,(H,19,20,23)/t15-/m1/s1. The fraction of sp³-hybridized carbons (Fsp3) is 0.471. The van der Waals surface area contributed by atoms with Gasteiger partial charge in [-0.1, -0.05) is 11.2 Å². The molecule has 2 amide bonds. The summed E-state index contributed by atoms with van der Waals surface area (Å²) in [6, 6.07) is 3.93. The first-order valence-corrected chi connectivity index (χ1v) is 8.16. The number of aryl methyl sites for hydroxylation is 1. The first-order valence-electron chi connectivity index (χ1n) is 8.16. The van der Waals surface area contributed by atoms with Crippen molar-refractivity contribution < 1.29 is 9.32 Å². The van der Waals surface area contributed by atoms with Gasteiger partial charge in [0.15, 0.2) is 5.82 Å². The van der Waals surface area contributed by atoms with Gasteiger partial charge in [0, 0.05) is 44.1 Å². The van der Waals surface area contributed by atoms with Gasteiger partial charge in [-0.2, -0.15) is 0 Å². The van der Waals surface area contributed by atoms with E-state index in [2.05, 4.69) is 33.5 Å². The lowest BCUT2D eigenvalue weighted by atomic mass is 10.1. The summed E-state index contributed by atoms with van der Waals surface area (Å²) in [5.74, 6) is 0.980. The van der Waals surface area contributed by atoms with Gasteiger partial charge in [0.05, 0.1) is 0 Å². The Balaban J connectivity index is 1.46. The molecule has 0 bridgehead atoms. The van der Waals surface area contributed by atoms with Crippen LogP contribution in [0.15, 0.2) is 35.3 Å². The Morgan fingerprint density at radius 3 is 3.12 bits per heavy atom.